The molecule has 2 N–H and O–H groups in total. The molecule has 0 atom stereocenters. The van der Waals surface area contributed by atoms with Gasteiger partial charge in [0.2, 0.25) is 0 Å². The minimum atomic E-state index is 0.446. The van der Waals surface area contributed by atoms with Crippen molar-refractivity contribution in [2.24, 2.45) is 5.73 Å². The van der Waals surface area contributed by atoms with E-state index < -0.39 is 0 Å². The Morgan fingerprint density at radius 3 is 2.45 bits per heavy atom. The van der Waals surface area contributed by atoms with E-state index in [1.165, 1.54) is 50.8 Å². The molecule has 110 valence electrons. The zero-order chi connectivity index (χ0) is 14.4. The third-order valence-corrected chi connectivity index (χ3v) is 4.14. The number of nitrogens with two attached hydrogens (primary N) is 1. The van der Waals surface area contributed by atoms with Crippen molar-refractivity contribution in [2.75, 3.05) is 20.2 Å². The minimum Gasteiger partial charge on any atom is -0.496 e. The number of benzene rings is 1. The Morgan fingerprint density at radius 2 is 1.85 bits per heavy atom. The Balaban J connectivity index is 2.12. The second kappa shape index (κ2) is 7.60. The van der Waals surface area contributed by atoms with E-state index in [1.807, 2.05) is 12.1 Å². The van der Waals surface area contributed by atoms with Crippen LogP contribution in [0.1, 0.15) is 43.2 Å². The molecule has 1 saturated heterocycles. The molecule has 0 spiro atoms. The number of likely N-dealkylation sites (tertiary alicyclic amines) is 1. The van der Waals surface area contributed by atoms with Crippen molar-refractivity contribution in [2.45, 2.75) is 38.6 Å². The van der Waals surface area contributed by atoms with Gasteiger partial charge in [0.15, 0.2) is 0 Å². The number of nitrogens with zero attached hydrogens (tertiary/aromatic N) is 1. The standard InChI is InChI=1S/C16H24N2OS/c1-19-15-8-7-13(16(17)20)11-14(15)12-18-9-5-3-2-4-6-10-18/h7-8,11H,2-6,9-10,12H2,1H3,(H2,17,20). The maximum Gasteiger partial charge on any atom is 0.123 e. The lowest BCUT2D eigenvalue weighted by molar-refractivity contribution is 0.236. The lowest BCUT2D eigenvalue weighted by atomic mass is 10.1. The van der Waals surface area contributed by atoms with Gasteiger partial charge in [0, 0.05) is 17.7 Å². The number of ether oxygens (including phenoxy) is 1. The average molecular weight is 292 g/mol. The zero-order valence-electron chi connectivity index (χ0n) is 12.2. The Kier molecular flexibility index (Phi) is 5.80. The average Bonchev–Trinajstić information content (AvgIpc) is 2.41. The number of rotatable bonds is 4. The van der Waals surface area contributed by atoms with E-state index >= 15 is 0 Å². The summed E-state index contributed by atoms with van der Waals surface area (Å²) in [5.41, 5.74) is 7.83. The van der Waals surface area contributed by atoms with E-state index in [-0.39, 0.29) is 0 Å². The SMILES string of the molecule is COc1ccc(C(N)=S)cc1CN1CCCCCCC1. The van der Waals surface area contributed by atoms with Crippen LogP contribution in [0.2, 0.25) is 0 Å². The summed E-state index contributed by atoms with van der Waals surface area (Å²) in [7, 11) is 1.72. The normalized spacial score (nSPS) is 17.2. The van der Waals surface area contributed by atoms with Gasteiger partial charge in [0.25, 0.3) is 0 Å². The molecule has 1 heterocycles. The fourth-order valence-corrected chi connectivity index (χ4v) is 2.89. The second-order valence-electron chi connectivity index (χ2n) is 5.43. The molecule has 2 rings (SSSR count). The number of methoxy groups -OCH3 is 1. The van der Waals surface area contributed by atoms with Gasteiger partial charge in [-0.05, 0) is 44.1 Å². The summed E-state index contributed by atoms with van der Waals surface area (Å²) in [6, 6.07) is 5.96. The lowest BCUT2D eigenvalue weighted by Gasteiger charge is -2.25. The van der Waals surface area contributed by atoms with E-state index in [4.69, 9.17) is 22.7 Å². The number of hydrogen-bond acceptors (Lipinski definition) is 3. The highest BCUT2D eigenvalue weighted by Gasteiger charge is 2.12. The summed E-state index contributed by atoms with van der Waals surface area (Å²) in [6.45, 7) is 3.25. The fourth-order valence-electron chi connectivity index (χ4n) is 2.77. The van der Waals surface area contributed by atoms with Gasteiger partial charge in [-0.3, -0.25) is 4.90 Å². The van der Waals surface area contributed by atoms with Gasteiger partial charge in [0.1, 0.15) is 10.7 Å². The molecule has 0 unspecified atom stereocenters. The first-order valence-corrected chi connectivity index (χ1v) is 7.80. The van der Waals surface area contributed by atoms with Crippen LogP contribution in [0.4, 0.5) is 0 Å². The van der Waals surface area contributed by atoms with Crippen LogP contribution in [0.25, 0.3) is 0 Å². The van der Waals surface area contributed by atoms with E-state index in [0.29, 0.717) is 4.99 Å². The molecule has 3 nitrogen and oxygen atoms in total. The van der Waals surface area contributed by atoms with Crippen LogP contribution in [0, 0.1) is 0 Å². The van der Waals surface area contributed by atoms with Crippen molar-refractivity contribution in [1.82, 2.24) is 4.90 Å². The van der Waals surface area contributed by atoms with Crippen LogP contribution in [-0.4, -0.2) is 30.1 Å². The highest BCUT2D eigenvalue weighted by atomic mass is 32.1. The molecule has 4 heteroatoms. The third kappa shape index (κ3) is 4.18. The smallest absolute Gasteiger partial charge is 0.123 e. The molecular formula is C16H24N2OS. The molecule has 1 fully saturated rings. The quantitative estimate of drug-likeness (QED) is 0.866. The zero-order valence-corrected chi connectivity index (χ0v) is 13.0. The summed E-state index contributed by atoms with van der Waals surface area (Å²) >= 11 is 5.07. The van der Waals surface area contributed by atoms with Gasteiger partial charge in [-0.15, -0.1) is 0 Å². The predicted octanol–water partition coefficient (Wildman–Crippen LogP) is 3.10. The van der Waals surface area contributed by atoms with Crippen LogP contribution in [0.15, 0.2) is 18.2 Å². The number of thiocarbonyl (C=S) groups is 1. The van der Waals surface area contributed by atoms with Gasteiger partial charge >= 0.3 is 0 Å². The summed E-state index contributed by atoms with van der Waals surface area (Å²) in [5, 5.41) is 0. The third-order valence-electron chi connectivity index (χ3n) is 3.91. The van der Waals surface area contributed by atoms with Crippen molar-refractivity contribution in [3.63, 3.8) is 0 Å². The van der Waals surface area contributed by atoms with Gasteiger partial charge in [-0.25, -0.2) is 0 Å². The van der Waals surface area contributed by atoms with E-state index in [0.717, 1.165) is 17.9 Å². The summed E-state index contributed by atoms with van der Waals surface area (Å²) in [6.07, 6.45) is 6.66. The van der Waals surface area contributed by atoms with Crippen molar-refractivity contribution in [3.8, 4) is 5.75 Å². The Morgan fingerprint density at radius 1 is 1.20 bits per heavy atom. The predicted molar refractivity (Wildman–Crippen MR) is 87.2 cm³/mol. The first-order valence-electron chi connectivity index (χ1n) is 7.40. The molecular weight excluding hydrogens is 268 g/mol. The molecule has 20 heavy (non-hydrogen) atoms. The van der Waals surface area contributed by atoms with Crippen molar-refractivity contribution in [1.29, 1.82) is 0 Å². The van der Waals surface area contributed by atoms with Crippen molar-refractivity contribution >= 4 is 17.2 Å². The van der Waals surface area contributed by atoms with Crippen LogP contribution < -0.4 is 10.5 Å². The Labute approximate surface area is 127 Å². The highest BCUT2D eigenvalue weighted by Crippen LogP contribution is 2.23. The maximum atomic E-state index is 5.73. The van der Waals surface area contributed by atoms with Gasteiger partial charge in [-0.2, -0.15) is 0 Å². The van der Waals surface area contributed by atoms with Crippen LogP contribution in [-0.2, 0) is 6.54 Å². The fraction of sp³-hybridized carbons (Fsp3) is 0.562. The topological polar surface area (TPSA) is 38.5 Å². The van der Waals surface area contributed by atoms with Crippen LogP contribution in [0.5, 0.6) is 5.75 Å². The van der Waals surface area contributed by atoms with Crippen molar-refractivity contribution < 1.29 is 4.74 Å². The summed E-state index contributed by atoms with van der Waals surface area (Å²) in [5.74, 6) is 0.923. The first-order chi connectivity index (χ1) is 9.70. The van der Waals surface area contributed by atoms with Crippen LogP contribution >= 0.6 is 12.2 Å². The largest absolute Gasteiger partial charge is 0.496 e. The molecule has 0 saturated carbocycles. The van der Waals surface area contributed by atoms with Gasteiger partial charge < -0.3 is 10.5 Å². The van der Waals surface area contributed by atoms with Crippen LogP contribution in [0.3, 0.4) is 0 Å². The van der Waals surface area contributed by atoms with Gasteiger partial charge in [0.05, 0.1) is 7.11 Å². The molecule has 0 aliphatic carbocycles. The Hall–Kier alpha value is -1.13. The molecule has 1 aliphatic rings. The summed E-state index contributed by atoms with van der Waals surface area (Å²) in [4.78, 5) is 2.96. The Bertz CT molecular complexity index is 454. The summed E-state index contributed by atoms with van der Waals surface area (Å²) < 4.78 is 5.47. The van der Waals surface area contributed by atoms with E-state index in [9.17, 15) is 0 Å². The first kappa shape index (κ1) is 15.3. The monoisotopic (exact) mass is 292 g/mol. The molecule has 0 radical (unpaired) electrons. The molecule has 0 amide bonds. The van der Waals surface area contributed by atoms with E-state index in [2.05, 4.69) is 11.0 Å². The molecule has 1 aromatic carbocycles. The molecule has 0 aromatic heterocycles. The second-order valence-corrected chi connectivity index (χ2v) is 5.87. The molecule has 0 bridgehead atoms. The minimum absolute atomic E-state index is 0.446. The lowest BCUT2D eigenvalue weighted by Crippen LogP contribution is -2.27. The maximum absolute atomic E-state index is 5.73. The van der Waals surface area contributed by atoms with Crippen molar-refractivity contribution in [3.05, 3.63) is 29.3 Å². The number of hydrogen-bond donors (Lipinski definition) is 1. The highest BCUT2D eigenvalue weighted by molar-refractivity contribution is 7.80. The van der Waals surface area contributed by atoms with Gasteiger partial charge in [-0.1, -0.05) is 31.5 Å². The molecule has 1 aliphatic heterocycles. The molecule has 1 aromatic rings. The van der Waals surface area contributed by atoms with E-state index in [1.54, 1.807) is 7.11 Å².